The summed E-state index contributed by atoms with van der Waals surface area (Å²) in [6, 6.07) is 11.9. The molecule has 1 aliphatic heterocycles. The van der Waals surface area contributed by atoms with E-state index in [9.17, 15) is 4.79 Å². The number of fused-ring (bicyclic) bond motifs is 1. The first-order chi connectivity index (χ1) is 13.2. The molecule has 3 heterocycles. The second-order valence-electron chi connectivity index (χ2n) is 6.66. The van der Waals surface area contributed by atoms with Crippen LogP contribution in [0.5, 0.6) is 5.88 Å². The van der Waals surface area contributed by atoms with Crippen LogP contribution in [0.25, 0.3) is 16.8 Å². The Balaban J connectivity index is 1.59. The fourth-order valence-corrected chi connectivity index (χ4v) is 3.42. The standard InChI is InChI=1S/C21H22N4O2/c1-2-20(26)24-13-6-9-17(11-14-24)27-21-19-10-12-22-25(19)15-18(23-21)16-7-4-3-5-8-16/h2-5,7-8,10,12,15,17H,1,6,9,11,13-14H2/t17-/m1/s1. The van der Waals surface area contributed by atoms with E-state index in [1.807, 2.05) is 47.5 Å². The Morgan fingerprint density at radius 1 is 1.19 bits per heavy atom. The van der Waals surface area contributed by atoms with Crippen LogP contribution in [0.4, 0.5) is 0 Å². The Kier molecular flexibility index (Phi) is 4.87. The number of carbonyl (C=O) groups excluding carboxylic acids is 1. The first-order valence-corrected chi connectivity index (χ1v) is 9.22. The third-order valence-electron chi connectivity index (χ3n) is 4.87. The van der Waals surface area contributed by atoms with Crippen molar-refractivity contribution in [3.8, 4) is 17.1 Å². The molecule has 2 aromatic heterocycles. The van der Waals surface area contributed by atoms with Gasteiger partial charge < -0.3 is 9.64 Å². The van der Waals surface area contributed by atoms with Gasteiger partial charge in [0.05, 0.1) is 18.1 Å². The van der Waals surface area contributed by atoms with Gasteiger partial charge in [-0.25, -0.2) is 9.50 Å². The lowest BCUT2D eigenvalue weighted by molar-refractivity contribution is -0.126. The van der Waals surface area contributed by atoms with Gasteiger partial charge in [-0.05, 0) is 25.0 Å². The second kappa shape index (κ2) is 7.61. The molecule has 0 bridgehead atoms. The highest BCUT2D eigenvalue weighted by molar-refractivity contribution is 5.87. The quantitative estimate of drug-likeness (QED) is 0.668. The maximum Gasteiger partial charge on any atom is 0.245 e. The Hall–Kier alpha value is -3.15. The zero-order chi connectivity index (χ0) is 18.6. The molecule has 1 aromatic carbocycles. The monoisotopic (exact) mass is 362 g/mol. The normalized spacial score (nSPS) is 17.5. The lowest BCUT2D eigenvalue weighted by Crippen LogP contribution is -2.30. The molecule has 0 radical (unpaired) electrons. The SMILES string of the molecule is C=CC(=O)N1CCC[C@@H](Oc2nc(-c3ccccc3)cn3nccc23)CC1. The highest BCUT2D eigenvalue weighted by Gasteiger charge is 2.22. The number of hydrogen-bond acceptors (Lipinski definition) is 4. The molecule has 27 heavy (non-hydrogen) atoms. The van der Waals surface area contributed by atoms with Crippen molar-refractivity contribution in [2.45, 2.75) is 25.4 Å². The Morgan fingerprint density at radius 3 is 2.85 bits per heavy atom. The van der Waals surface area contributed by atoms with Gasteiger partial charge in [-0.1, -0.05) is 36.9 Å². The van der Waals surface area contributed by atoms with Crippen molar-refractivity contribution in [1.82, 2.24) is 19.5 Å². The molecule has 0 aliphatic carbocycles. The number of benzene rings is 1. The third kappa shape index (κ3) is 3.69. The molecule has 1 atom stereocenters. The molecule has 3 aromatic rings. The molecule has 0 spiro atoms. The molecule has 0 unspecified atom stereocenters. The van der Waals surface area contributed by atoms with Crippen molar-refractivity contribution in [1.29, 1.82) is 0 Å². The minimum atomic E-state index is -0.0157. The summed E-state index contributed by atoms with van der Waals surface area (Å²) < 4.78 is 8.10. The molecule has 1 amide bonds. The number of amides is 1. The van der Waals surface area contributed by atoms with Gasteiger partial charge in [0.25, 0.3) is 0 Å². The fourth-order valence-electron chi connectivity index (χ4n) is 3.42. The van der Waals surface area contributed by atoms with Crippen LogP contribution in [0.2, 0.25) is 0 Å². The van der Waals surface area contributed by atoms with Crippen LogP contribution in [0.1, 0.15) is 19.3 Å². The highest BCUT2D eigenvalue weighted by atomic mass is 16.5. The molecule has 1 aliphatic rings. The van der Waals surface area contributed by atoms with E-state index in [0.717, 1.165) is 42.6 Å². The first-order valence-electron chi connectivity index (χ1n) is 9.22. The van der Waals surface area contributed by atoms with Crippen molar-refractivity contribution in [3.63, 3.8) is 0 Å². The summed E-state index contributed by atoms with van der Waals surface area (Å²) in [7, 11) is 0. The van der Waals surface area contributed by atoms with Gasteiger partial charge in [-0.15, -0.1) is 0 Å². The van der Waals surface area contributed by atoms with Gasteiger partial charge in [0.2, 0.25) is 11.8 Å². The third-order valence-corrected chi connectivity index (χ3v) is 4.87. The van der Waals surface area contributed by atoms with E-state index in [4.69, 9.17) is 9.72 Å². The lowest BCUT2D eigenvalue weighted by Gasteiger charge is -2.19. The Bertz CT molecular complexity index is 951. The Labute approximate surface area is 158 Å². The van der Waals surface area contributed by atoms with Gasteiger partial charge in [0.1, 0.15) is 11.6 Å². The predicted molar refractivity (Wildman–Crippen MR) is 103 cm³/mol. The molecular formula is C21H22N4O2. The van der Waals surface area contributed by atoms with Crippen molar-refractivity contribution in [3.05, 3.63) is 61.4 Å². The number of nitrogens with zero attached hydrogens (tertiary/aromatic N) is 4. The van der Waals surface area contributed by atoms with Crippen LogP contribution in [-0.2, 0) is 4.79 Å². The zero-order valence-corrected chi connectivity index (χ0v) is 15.1. The van der Waals surface area contributed by atoms with Crippen LogP contribution in [-0.4, -0.2) is 44.6 Å². The van der Waals surface area contributed by atoms with E-state index in [0.29, 0.717) is 12.4 Å². The largest absolute Gasteiger partial charge is 0.473 e. The van der Waals surface area contributed by atoms with E-state index >= 15 is 0 Å². The second-order valence-corrected chi connectivity index (χ2v) is 6.66. The average Bonchev–Trinajstić information content (AvgIpc) is 3.07. The number of hydrogen-bond donors (Lipinski definition) is 0. The summed E-state index contributed by atoms with van der Waals surface area (Å²) in [5.41, 5.74) is 2.68. The van der Waals surface area contributed by atoms with Crippen LogP contribution >= 0.6 is 0 Å². The van der Waals surface area contributed by atoms with Crippen molar-refractivity contribution in [2.24, 2.45) is 0 Å². The van der Waals surface area contributed by atoms with E-state index < -0.39 is 0 Å². The first kappa shape index (κ1) is 17.3. The minimum absolute atomic E-state index is 0.0157. The van der Waals surface area contributed by atoms with Crippen molar-refractivity contribution in [2.75, 3.05) is 13.1 Å². The number of aromatic nitrogens is 3. The fraction of sp³-hybridized carbons (Fsp3) is 0.286. The van der Waals surface area contributed by atoms with Gasteiger partial charge in [0.15, 0.2) is 0 Å². The van der Waals surface area contributed by atoms with Gasteiger partial charge in [-0.2, -0.15) is 5.10 Å². The van der Waals surface area contributed by atoms with Gasteiger partial charge in [0, 0.05) is 25.1 Å². The molecule has 0 N–H and O–H groups in total. The van der Waals surface area contributed by atoms with Crippen molar-refractivity contribution < 1.29 is 9.53 Å². The summed E-state index contributed by atoms with van der Waals surface area (Å²) in [4.78, 5) is 18.5. The van der Waals surface area contributed by atoms with Crippen LogP contribution < -0.4 is 4.74 Å². The van der Waals surface area contributed by atoms with E-state index in [2.05, 4.69) is 11.7 Å². The number of rotatable bonds is 4. The summed E-state index contributed by atoms with van der Waals surface area (Å²) in [5.74, 6) is 0.570. The van der Waals surface area contributed by atoms with Gasteiger partial charge >= 0.3 is 0 Å². The highest BCUT2D eigenvalue weighted by Crippen LogP contribution is 2.26. The predicted octanol–water partition coefficient (Wildman–Crippen LogP) is 3.34. The minimum Gasteiger partial charge on any atom is -0.473 e. The molecular weight excluding hydrogens is 340 g/mol. The molecule has 1 fully saturated rings. The lowest BCUT2D eigenvalue weighted by atomic mass is 10.1. The zero-order valence-electron chi connectivity index (χ0n) is 15.1. The van der Waals surface area contributed by atoms with E-state index in [-0.39, 0.29) is 12.0 Å². The maximum atomic E-state index is 11.9. The van der Waals surface area contributed by atoms with Crippen LogP contribution in [0.15, 0.2) is 61.4 Å². The number of carbonyl (C=O) groups is 1. The molecule has 1 saturated heterocycles. The summed E-state index contributed by atoms with van der Waals surface area (Å²) in [5, 5.41) is 4.36. The number of likely N-dealkylation sites (tertiary alicyclic amines) is 1. The van der Waals surface area contributed by atoms with Crippen LogP contribution in [0.3, 0.4) is 0 Å². The van der Waals surface area contributed by atoms with E-state index in [1.54, 1.807) is 10.7 Å². The topological polar surface area (TPSA) is 59.7 Å². The summed E-state index contributed by atoms with van der Waals surface area (Å²) >= 11 is 0. The smallest absolute Gasteiger partial charge is 0.245 e. The van der Waals surface area contributed by atoms with Crippen molar-refractivity contribution >= 4 is 11.4 Å². The molecule has 6 nitrogen and oxygen atoms in total. The summed E-state index contributed by atoms with van der Waals surface area (Å²) in [6.07, 6.45) is 7.62. The molecule has 0 saturated carbocycles. The van der Waals surface area contributed by atoms with Gasteiger partial charge in [-0.3, -0.25) is 4.79 Å². The maximum absolute atomic E-state index is 11.9. The number of ether oxygens (including phenoxy) is 1. The Morgan fingerprint density at radius 2 is 2.04 bits per heavy atom. The molecule has 138 valence electrons. The molecule has 6 heteroatoms. The van der Waals surface area contributed by atoms with E-state index in [1.165, 1.54) is 6.08 Å². The van der Waals surface area contributed by atoms with Crippen LogP contribution in [0, 0.1) is 0 Å². The summed E-state index contributed by atoms with van der Waals surface area (Å²) in [6.45, 7) is 4.99. The molecule has 4 rings (SSSR count). The average molecular weight is 362 g/mol.